The Hall–Kier alpha value is -3.16. The molecule has 0 amide bonds. The van der Waals surface area contributed by atoms with Crippen LogP contribution in [0.3, 0.4) is 0 Å². The Balaban J connectivity index is 0.00000245. The molecule has 1 N–H and O–H groups in total. The normalized spacial score (nSPS) is 13.3. The molecule has 0 saturated heterocycles. The third-order valence-electron chi connectivity index (χ3n) is 5.84. The Morgan fingerprint density at radius 2 is 2.06 bits per heavy atom. The maximum absolute atomic E-state index is 13.0. The van der Waals surface area contributed by atoms with E-state index in [9.17, 15) is 9.18 Å². The van der Waals surface area contributed by atoms with E-state index in [1.165, 1.54) is 28.8 Å². The number of pyridine rings is 2. The van der Waals surface area contributed by atoms with E-state index < -0.39 is 5.82 Å². The second kappa shape index (κ2) is 9.14. The highest BCUT2D eigenvalue weighted by atomic mass is 35.5. The molecule has 166 valence electrons. The van der Waals surface area contributed by atoms with Gasteiger partial charge in [0.15, 0.2) is 0 Å². The lowest BCUT2D eigenvalue weighted by Crippen LogP contribution is -2.17. The third-order valence-corrected chi connectivity index (χ3v) is 5.84. The number of halogens is 2. The molecule has 4 heterocycles. The minimum Gasteiger partial charge on any atom is -0.487 e. The van der Waals surface area contributed by atoms with Gasteiger partial charge in [-0.3, -0.25) is 14.3 Å². The number of nitrogens with one attached hydrogen (secondary N) is 1. The number of benzene rings is 1. The Morgan fingerprint density at radius 1 is 1.19 bits per heavy atom. The fourth-order valence-electron chi connectivity index (χ4n) is 4.22. The van der Waals surface area contributed by atoms with E-state index in [1.807, 2.05) is 6.07 Å². The predicted octanol–water partition coefficient (Wildman–Crippen LogP) is 3.90. The molecule has 32 heavy (non-hydrogen) atoms. The number of nitrogens with zero attached hydrogens (tertiary/aromatic N) is 3. The molecule has 1 aliphatic rings. The number of ether oxygens (including phenoxy) is 1. The second-order valence-electron chi connectivity index (χ2n) is 7.79. The van der Waals surface area contributed by atoms with Crippen molar-refractivity contribution in [1.82, 2.24) is 19.4 Å². The molecule has 1 aromatic carbocycles. The fourth-order valence-corrected chi connectivity index (χ4v) is 4.22. The summed E-state index contributed by atoms with van der Waals surface area (Å²) in [6.07, 6.45) is 5.05. The first-order valence-corrected chi connectivity index (χ1v) is 10.4. The lowest BCUT2D eigenvalue weighted by Gasteiger charge is -2.10. The summed E-state index contributed by atoms with van der Waals surface area (Å²) in [6, 6.07) is 12.3. The van der Waals surface area contributed by atoms with E-state index in [2.05, 4.69) is 34.0 Å². The smallest absolute Gasteiger partial charge is 0.258 e. The quantitative estimate of drug-likeness (QED) is 0.508. The minimum atomic E-state index is -0.394. The molecule has 0 saturated carbocycles. The van der Waals surface area contributed by atoms with Gasteiger partial charge in [-0.2, -0.15) is 0 Å². The molecular formula is C24H24ClFN4O2. The Kier molecular flexibility index (Phi) is 6.30. The number of hydrogen-bond acceptors (Lipinski definition) is 4. The van der Waals surface area contributed by atoms with Crippen LogP contribution in [0.15, 0.2) is 59.7 Å². The second-order valence-corrected chi connectivity index (χ2v) is 7.79. The zero-order chi connectivity index (χ0) is 21.4. The summed E-state index contributed by atoms with van der Waals surface area (Å²) in [5, 5.41) is 4.73. The SMILES string of the molecule is Cl.Cn1c2c(c3ccc(-n4ccc(OCc5ccc(F)cn5)cc4=O)cc31)CCCNC2. The van der Waals surface area contributed by atoms with Gasteiger partial charge < -0.3 is 14.6 Å². The first kappa shape index (κ1) is 22.0. The van der Waals surface area contributed by atoms with Crippen LogP contribution in [-0.4, -0.2) is 20.7 Å². The van der Waals surface area contributed by atoms with Gasteiger partial charge in [0.1, 0.15) is 18.2 Å². The van der Waals surface area contributed by atoms with E-state index >= 15 is 0 Å². The van der Waals surface area contributed by atoms with Crippen molar-refractivity contribution in [3.63, 3.8) is 0 Å². The molecule has 0 unspecified atom stereocenters. The lowest BCUT2D eigenvalue weighted by atomic mass is 10.1. The van der Waals surface area contributed by atoms with Crippen LogP contribution in [0.1, 0.15) is 23.4 Å². The highest BCUT2D eigenvalue weighted by Gasteiger charge is 2.17. The van der Waals surface area contributed by atoms with Crippen LogP contribution in [0, 0.1) is 5.82 Å². The van der Waals surface area contributed by atoms with Crippen LogP contribution in [0.2, 0.25) is 0 Å². The average molecular weight is 455 g/mol. The summed E-state index contributed by atoms with van der Waals surface area (Å²) >= 11 is 0. The van der Waals surface area contributed by atoms with Crippen molar-refractivity contribution < 1.29 is 9.13 Å². The first-order chi connectivity index (χ1) is 15.1. The molecule has 3 aromatic heterocycles. The largest absolute Gasteiger partial charge is 0.487 e. The lowest BCUT2D eigenvalue weighted by molar-refractivity contribution is 0.300. The standard InChI is InChI=1S/C24H23FN4O2.ClH/c1-28-22-11-18(6-7-21(22)20-3-2-9-26-14-23(20)28)29-10-8-19(12-24(29)30)31-15-17-5-4-16(25)13-27-17;/h4-8,10-13,26H,2-3,9,14-15H2,1H3;1H. The molecule has 6 nitrogen and oxygen atoms in total. The molecule has 8 heteroatoms. The summed E-state index contributed by atoms with van der Waals surface area (Å²) in [4.78, 5) is 16.7. The Morgan fingerprint density at radius 3 is 2.84 bits per heavy atom. The molecule has 0 radical (unpaired) electrons. The van der Waals surface area contributed by atoms with Crippen LogP contribution in [0.4, 0.5) is 4.39 Å². The van der Waals surface area contributed by atoms with Crippen LogP contribution < -0.4 is 15.6 Å². The van der Waals surface area contributed by atoms with Crippen molar-refractivity contribution in [2.75, 3.05) is 6.54 Å². The van der Waals surface area contributed by atoms with Crippen molar-refractivity contribution in [3.8, 4) is 11.4 Å². The average Bonchev–Trinajstić information content (AvgIpc) is 2.93. The van der Waals surface area contributed by atoms with Crippen molar-refractivity contribution in [3.05, 3.63) is 88.0 Å². The highest BCUT2D eigenvalue weighted by molar-refractivity contribution is 5.87. The van der Waals surface area contributed by atoms with E-state index in [4.69, 9.17) is 4.74 Å². The molecular weight excluding hydrogens is 431 g/mol. The highest BCUT2D eigenvalue weighted by Crippen LogP contribution is 2.29. The van der Waals surface area contributed by atoms with E-state index in [1.54, 1.807) is 22.9 Å². The Labute approximate surface area is 191 Å². The van der Waals surface area contributed by atoms with Gasteiger partial charge in [-0.15, -0.1) is 12.4 Å². The topological polar surface area (TPSA) is 61.1 Å². The number of aromatic nitrogens is 3. The van der Waals surface area contributed by atoms with Gasteiger partial charge >= 0.3 is 0 Å². The third kappa shape index (κ3) is 4.13. The van der Waals surface area contributed by atoms with Gasteiger partial charge in [0.25, 0.3) is 5.56 Å². The minimum absolute atomic E-state index is 0. The van der Waals surface area contributed by atoms with E-state index in [0.29, 0.717) is 11.4 Å². The van der Waals surface area contributed by atoms with Gasteiger partial charge in [-0.05, 0) is 55.3 Å². The van der Waals surface area contributed by atoms with Crippen molar-refractivity contribution in [2.45, 2.75) is 26.0 Å². The molecule has 0 atom stereocenters. The maximum atomic E-state index is 13.0. The molecule has 0 fully saturated rings. The van der Waals surface area contributed by atoms with Crippen LogP contribution in [0.25, 0.3) is 16.6 Å². The summed E-state index contributed by atoms with van der Waals surface area (Å²) in [6.45, 7) is 2.07. The fraction of sp³-hybridized carbons (Fsp3) is 0.250. The number of aryl methyl sites for hydroxylation is 2. The van der Waals surface area contributed by atoms with Gasteiger partial charge in [0.2, 0.25) is 0 Å². The van der Waals surface area contributed by atoms with Gasteiger partial charge in [0.05, 0.1) is 23.1 Å². The zero-order valence-electron chi connectivity index (χ0n) is 17.7. The van der Waals surface area contributed by atoms with Crippen molar-refractivity contribution in [1.29, 1.82) is 0 Å². The Bertz CT molecular complexity index is 1310. The maximum Gasteiger partial charge on any atom is 0.258 e. The van der Waals surface area contributed by atoms with Gasteiger partial charge in [-0.1, -0.05) is 6.07 Å². The van der Waals surface area contributed by atoms with Crippen LogP contribution >= 0.6 is 12.4 Å². The first-order valence-electron chi connectivity index (χ1n) is 10.4. The monoisotopic (exact) mass is 454 g/mol. The van der Waals surface area contributed by atoms with Gasteiger partial charge in [0, 0.05) is 36.9 Å². The predicted molar refractivity (Wildman–Crippen MR) is 124 cm³/mol. The number of rotatable bonds is 4. The molecule has 0 spiro atoms. The van der Waals surface area contributed by atoms with Crippen molar-refractivity contribution >= 4 is 23.3 Å². The number of hydrogen-bond donors (Lipinski definition) is 1. The molecule has 0 aliphatic carbocycles. The number of fused-ring (bicyclic) bond motifs is 3. The summed E-state index contributed by atoms with van der Waals surface area (Å²) < 4.78 is 22.5. The molecule has 4 aromatic rings. The summed E-state index contributed by atoms with van der Waals surface area (Å²) in [5.41, 5.74) is 5.07. The van der Waals surface area contributed by atoms with E-state index in [-0.39, 0.29) is 24.6 Å². The summed E-state index contributed by atoms with van der Waals surface area (Å²) in [5.74, 6) is 0.0549. The van der Waals surface area contributed by atoms with E-state index in [0.717, 1.165) is 43.3 Å². The molecule has 5 rings (SSSR count). The van der Waals surface area contributed by atoms with Crippen LogP contribution in [-0.2, 0) is 26.6 Å². The molecule has 1 aliphatic heterocycles. The van der Waals surface area contributed by atoms with Crippen molar-refractivity contribution in [2.24, 2.45) is 7.05 Å². The zero-order valence-corrected chi connectivity index (χ0v) is 18.5. The van der Waals surface area contributed by atoms with Gasteiger partial charge in [-0.25, -0.2) is 4.39 Å². The molecule has 0 bridgehead atoms. The van der Waals surface area contributed by atoms with Crippen LogP contribution in [0.5, 0.6) is 5.75 Å². The summed E-state index contributed by atoms with van der Waals surface area (Å²) in [7, 11) is 2.08.